The van der Waals surface area contributed by atoms with Crippen molar-refractivity contribution in [2.45, 2.75) is 13.3 Å². The van der Waals surface area contributed by atoms with Gasteiger partial charge in [-0.2, -0.15) is 0 Å². The second kappa shape index (κ2) is 7.53. The molecule has 2 N–H and O–H groups in total. The van der Waals surface area contributed by atoms with Crippen molar-refractivity contribution in [1.82, 2.24) is 4.98 Å². The van der Waals surface area contributed by atoms with Gasteiger partial charge in [0.15, 0.2) is 0 Å². The molecule has 0 atom stereocenters. The van der Waals surface area contributed by atoms with Gasteiger partial charge in [0.05, 0.1) is 30.2 Å². The fourth-order valence-electron chi connectivity index (χ4n) is 1.63. The summed E-state index contributed by atoms with van der Waals surface area (Å²) in [4.78, 5) is 15.4. The Morgan fingerprint density at radius 3 is 2.75 bits per heavy atom. The topological polar surface area (TPSA) is 91.5 Å². The van der Waals surface area contributed by atoms with Crippen LogP contribution >= 0.6 is 0 Å². The van der Waals surface area contributed by atoms with E-state index in [1.165, 1.54) is 6.07 Å². The summed E-state index contributed by atoms with van der Waals surface area (Å²) in [6, 6.07) is 2.34. The molecular weight excluding hydrogens is 274 g/mol. The molecule has 0 aliphatic heterocycles. The van der Waals surface area contributed by atoms with E-state index in [9.17, 15) is 18.9 Å². The maximum Gasteiger partial charge on any atom is 0.276 e. The van der Waals surface area contributed by atoms with E-state index in [4.69, 9.17) is 5.11 Å². The molecule has 0 aliphatic carbocycles. The minimum absolute atomic E-state index is 0.0319. The molecule has 112 valence electrons. The number of aliphatic hydroxyl groups is 1. The van der Waals surface area contributed by atoms with Crippen LogP contribution < -0.4 is 10.2 Å². The molecule has 0 bridgehead atoms. The van der Waals surface area contributed by atoms with Crippen LogP contribution in [0.5, 0.6) is 0 Å². The average Bonchev–Trinajstić information content (AvgIpc) is 2.37. The second-order valence-electron chi connectivity index (χ2n) is 3.92. The standard InChI is InChI=1S/C11H16F2N4O3/c1-2-14-10-5-8(17(19)20)6-11(15-10)16(3-4-18)7-9(12)13/h5-6,9,18H,2-4,7H2,1H3,(H,14,15). The molecule has 0 saturated heterocycles. The van der Waals surface area contributed by atoms with E-state index in [-0.39, 0.29) is 30.5 Å². The van der Waals surface area contributed by atoms with Gasteiger partial charge in [-0.25, -0.2) is 13.8 Å². The van der Waals surface area contributed by atoms with Crippen molar-refractivity contribution < 1.29 is 18.8 Å². The number of aromatic nitrogens is 1. The maximum absolute atomic E-state index is 12.5. The summed E-state index contributed by atoms with van der Waals surface area (Å²) in [6.45, 7) is 1.19. The third-order valence-corrected chi connectivity index (χ3v) is 2.42. The van der Waals surface area contributed by atoms with Gasteiger partial charge < -0.3 is 15.3 Å². The molecule has 1 rings (SSSR count). The summed E-state index contributed by atoms with van der Waals surface area (Å²) in [7, 11) is 0. The van der Waals surface area contributed by atoms with Crippen LogP contribution in [0.1, 0.15) is 6.92 Å². The Kier molecular flexibility index (Phi) is 6.04. The Bertz CT molecular complexity index is 459. The first kappa shape index (κ1) is 16.0. The number of rotatable bonds is 8. The number of halogens is 2. The largest absolute Gasteiger partial charge is 0.395 e. The molecule has 0 aliphatic rings. The van der Waals surface area contributed by atoms with Gasteiger partial charge in [-0.05, 0) is 6.92 Å². The van der Waals surface area contributed by atoms with Crippen LogP contribution in [-0.4, -0.2) is 47.7 Å². The van der Waals surface area contributed by atoms with Crippen molar-refractivity contribution in [2.24, 2.45) is 0 Å². The molecule has 1 aromatic rings. The molecule has 0 radical (unpaired) electrons. The summed E-state index contributed by atoms with van der Waals surface area (Å²) >= 11 is 0. The first-order valence-electron chi connectivity index (χ1n) is 6.02. The van der Waals surface area contributed by atoms with Gasteiger partial charge in [-0.1, -0.05) is 0 Å². The lowest BCUT2D eigenvalue weighted by Gasteiger charge is -2.22. The van der Waals surface area contributed by atoms with E-state index >= 15 is 0 Å². The first-order valence-corrected chi connectivity index (χ1v) is 6.02. The number of hydrogen-bond donors (Lipinski definition) is 2. The lowest BCUT2D eigenvalue weighted by molar-refractivity contribution is -0.384. The minimum atomic E-state index is -2.63. The number of nitrogens with one attached hydrogen (secondary N) is 1. The highest BCUT2D eigenvalue weighted by molar-refractivity contribution is 5.56. The number of anilines is 2. The van der Waals surface area contributed by atoms with Crippen LogP contribution in [0.15, 0.2) is 12.1 Å². The third kappa shape index (κ3) is 4.57. The number of alkyl halides is 2. The zero-order valence-electron chi connectivity index (χ0n) is 10.9. The molecular formula is C11H16F2N4O3. The maximum atomic E-state index is 12.5. The smallest absolute Gasteiger partial charge is 0.276 e. The normalized spacial score (nSPS) is 10.7. The fraction of sp³-hybridized carbons (Fsp3) is 0.545. The second-order valence-corrected chi connectivity index (χ2v) is 3.92. The number of pyridine rings is 1. The van der Waals surface area contributed by atoms with Crippen molar-refractivity contribution in [3.05, 3.63) is 22.2 Å². The van der Waals surface area contributed by atoms with Gasteiger partial charge in [0.25, 0.3) is 12.1 Å². The van der Waals surface area contributed by atoms with Crippen molar-refractivity contribution in [3.8, 4) is 0 Å². The van der Waals surface area contributed by atoms with Crippen molar-refractivity contribution in [1.29, 1.82) is 0 Å². The summed E-state index contributed by atoms with van der Waals surface area (Å²) < 4.78 is 25.0. The van der Waals surface area contributed by atoms with E-state index in [1.54, 1.807) is 6.92 Å². The van der Waals surface area contributed by atoms with Gasteiger partial charge in [0.1, 0.15) is 11.6 Å². The molecule has 0 aromatic carbocycles. The van der Waals surface area contributed by atoms with Gasteiger partial charge >= 0.3 is 0 Å². The molecule has 0 fully saturated rings. The van der Waals surface area contributed by atoms with Crippen molar-refractivity contribution >= 4 is 17.3 Å². The fourth-order valence-corrected chi connectivity index (χ4v) is 1.63. The van der Waals surface area contributed by atoms with Crippen LogP contribution in [-0.2, 0) is 0 Å². The minimum Gasteiger partial charge on any atom is -0.395 e. The summed E-state index contributed by atoms with van der Waals surface area (Å²) in [6.07, 6.45) is -2.63. The number of nitrogens with zero attached hydrogens (tertiary/aromatic N) is 3. The van der Waals surface area contributed by atoms with Crippen molar-refractivity contribution in [3.63, 3.8) is 0 Å². The van der Waals surface area contributed by atoms with Crippen LogP contribution in [0.25, 0.3) is 0 Å². The van der Waals surface area contributed by atoms with Crippen LogP contribution in [0.4, 0.5) is 26.1 Å². The van der Waals surface area contributed by atoms with E-state index in [1.807, 2.05) is 0 Å². The van der Waals surface area contributed by atoms with E-state index < -0.39 is 17.9 Å². The third-order valence-electron chi connectivity index (χ3n) is 2.42. The molecule has 0 unspecified atom stereocenters. The Labute approximate surface area is 114 Å². The molecule has 0 amide bonds. The Balaban J connectivity index is 3.13. The molecule has 7 nitrogen and oxygen atoms in total. The number of nitro groups is 1. The quantitative estimate of drug-likeness (QED) is 0.556. The molecule has 9 heteroatoms. The predicted octanol–water partition coefficient (Wildman–Crippen LogP) is 1.49. The monoisotopic (exact) mass is 290 g/mol. The lowest BCUT2D eigenvalue weighted by Crippen LogP contribution is -2.32. The van der Waals surface area contributed by atoms with Gasteiger partial charge in [-0.15, -0.1) is 0 Å². The lowest BCUT2D eigenvalue weighted by atomic mass is 10.3. The summed E-state index contributed by atoms with van der Waals surface area (Å²) in [5.41, 5.74) is -0.247. The van der Waals surface area contributed by atoms with Crippen LogP contribution in [0.2, 0.25) is 0 Å². The molecule has 1 heterocycles. The number of hydrogen-bond acceptors (Lipinski definition) is 6. The summed E-state index contributed by atoms with van der Waals surface area (Å²) in [5.74, 6) is 0.262. The van der Waals surface area contributed by atoms with Crippen LogP contribution in [0, 0.1) is 10.1 Å². The zero-order chi connectivity index (χ0) is 15.1. The van der Waals surface area contributed by atoms with Gasteiger partial charge in [-0.3, -0.25) is 10.1 Å². The van der Waals surface area contributed by atoms with Crippen LogP contribution in [0.3, 0.4) is 0 Å². The Morgan fingerprint density at radius 2 is 2.25 bits per heavy atom. The average molecular weight is 290 g/mol. The molecule has 0 spiro atoms. The highest BCUT2D eigenvalue weighted by Crippen LogP contribution is 2.23. The highest BCUT2D eigenvalue weighted by Gasteiger charge is 2.18. The van der Waals surface area contributed by atoms with E-state index in [0.29, 0.717) is 6.54 Å². The Hall–Kier alpha value is -2.03. The van der Waals surface area contributed by atoms with E-state index in [0.717, 1.165) is 11.0 Å². The predicted molar refractivity (Wildman–Crippen MR) is 70.4 cm³/mol. The highest BCUT2D eigenvalue weighted by atomic mass is 19.3. The van der Waals surface area contributed by atoms with Gasteiger partial charge in [0, 0.05) is 13.1 Å². The molecule has 1 aromatic heterocycles. The van der Waals surface area contributed by atoms with Crippen molar-refractivity contribution in [2.75, 3.05) is 36.5 Å². The first-order chi connectivity index (χ1) is 9.47. The molecule has 0 saturated carbocycles. The van der Waals surface area contributed by atoms with Gasteiger partial charge in [0.2, 0.25) is 0 Å². The number of aliphatic hydroxyl groups excluding tert-OH is 1. The Morgan fingerprint density at radius 1 is 1.55 bits per heavy atom. The van der Waals surface area contributed by atoms with E-state index in [2.05, 4.69) is 10.3 Å². The zero-order valence-corrected chi connectivity index (χ0v) is 10.9. The molecule has 20 heavy (non-hydrogen) atoms. The summed E-state index contributed by atoms with van der Waals surface area (Å²) in [5, 5.41) is 22.5. The SMILES string of the molecule is CCNc1cc([N+](=O)[O-])cc(N(CCO)CC(F)F)n1.